The third kappa shape index (κ3) is 4.42. The van der Waals surface area contributed by atoms with Gasteiger partial charge in [0.1, 0.15) is 0 Å². The van der Waals surface area contributed by atoms with Gasteiger partial charge in [0.25, 0.3) is 0 Å². The monoisotopic (exact) mass is 351 g/mol. The third-order valence-corrected chi connectivity index (χ3v) is 5.46. The van der Waals surface area contributed by atoms with Gasteiger partial charge in [-0.1, -0.05) is 25.1 Å². The molecule has 2 aliphatic rings. The van der Waals surface area contributed by atoms with Crippen molar-refractivity contribution in [3.8, 4) is 0 Å². The second-order valence-electron chi connectivity index (χ2n) is 7.15. The van der Waals surface area contributed by atoms with Crippen LogP contribution in [0.3, 0.4) is 0 Å². The highest BCUT2D eigenvalue weighted by molar-refractivity contribution is 5.85. The van der Waals surface area contributed by atoms with Crippen molar-refractivity contribution in [1.29, 1.82) is 0 Å². The fourth-order valence-corrected chi connectivity index (χ4v) is 3.80. The zero-order chi connectivity index (χ0) is 16.2. The molecule has 5 heteroatoms. The van der Waals surface area contributed by atoms with Gasteiger partial charge in [0, 0.05) is 38.4 Å². The predicted molar refractivity (Wildman–Crippen MR) is 102 cm³/mol. The van der Waals surface area contributed by atoms with Crippen LogP contribution in [0.15, 0.2) is 24.3 Å². The fraction of sp³-hybridized carbons (Fsp3) is 0.632. The van der Waals surface area contributed by atoms with Gasteiger partial charge in [-0.2, -0.15) is 0 Å². The molecule has 0 radical (unpaired) electrons. The summed E-state index contributed by atoms with van der Waals surface area (Å²) >= 11 is 0. The highest BCUT2D eigenvalue weighted by atomic mass is 35.5. The molecule has 1 saturated carbocycles. The molecule has 0 unspecified atom stereocenters. The second-order valence-corrected chi connectivity index (χ2v) is 7.15. The first-order valence-electron chi connectivity index (χ1n) is 8.94. The molecule has 1 aromatic carbocycles. The molecule has 1 aromatic rings. The van der Waals surface area contributed by atoms with Gasteiger partial charge in [-0.15, -0.1) is 12.4 Å². The van der Waals surface area contributed by atoms with E-state index in [2.05, 4.69) is 41.4 Å². The minimum Gasteiger partial charge on any atom is -0.361 e. The Hall–Kier alpha value is -1.26. The van der Waals surface area contributed by atoms with E-state index >= 15 is 0 Å². The maximum absolute atomic E-state index is 12.8. The van der Waals surface area contributed by atoms with E-state index in [-0.39, 0.29) is 18.3 Å². The SMILES string of the molecule is CC1CCC(N(C)C(=O)CN2CCNCc3ccccc32)CC1.Cl. The number of rotatable bonds is 3. The molecule has 4 nitrogen and oxygen atoms in total. The van der Waals surface area contributed by atoms with Gasteiger partial charge >= 0.3 is 0 Å². The number of carbonyl (C=O) groups is 1. The van der Waals surface area contributed by atoms with Gasteiger partial charge in [-0.25, -0.2) is 0 Å². The summed E-state index contributed by atoms with van der Waals surface area (Å²) in [5.41, 5.74) is 2.49. The molecule has 0 saturated heterocycles. The van der Waals surface area contributed by atoms with Crippen LogP contribution in [-0.4, -0.2) is 43.5 Å². The van der Waals surface area contributed by atoms with Gasteiger partial charge in [0.15, 0.2) is 0 Å². The molecule has 1 N–H and O–H groups in total. The van der Waals surface area contributed by atoms with Crippen LogP contribution in [0.2, 0.25) is 0 Å². The van der Waals surface area contributed by atoms with Crippen LogP contribution in [-0.2, 0) is 11.3 Å². The summed E-state index contributed by atoms with van der Waals surface area (Å²) in [7, 11) is 1.99. The number of amides is 1. The Labute approximate surface area is 152 Å². The van der Waals surface area contributed by atoms with Gasteiger partial charge in [-0.05, 0) is 43.2 Å². The lowest BCUT2D eigenvalue weighted by Gasteiger charge is -2.35. The Morgan fingerprint density at radius 2 is 1.96 bits per heavy atom. The summed E-state index contributed by atoms with van der Waals surface area (Å²) in [5.74, 6) is 1.07. The Morgan fingerprint density at radius 3 is 2.71 bits per heavy atom. The van der Waals surface area contributed by atoms with Crippen molar-refractivity contribution in [2.75, 3.05) is 31.6 Å². The highest BCUT2D eigenvalue weighted by Crippen LogP contribution is 2.27. The molecule has 1 fully saturated rings. The van der Waals surface area contributed by atoms with E-state index in [4.69, 9.17) is 0 Å². The number of anilines is 1. The molecule has 24 heavy (non-hydrogen) atoms. The van der Waals surface area contributed by atoms with Crippen LogP contribution in [0.5, 0.6) is 0 Å². The number of hydrogen-bond acceptors (Lipinski definition) is 3. The van der Waals surface area contributed by atoms with Crippen LogP contribution in [0, 0.1) is 5.92 Å². The van der Waals surface area contributed by atoms with Crippen molar-refractivity contribution < 1.29 is 4.79 Å². The third-order valence-electron chi connectivity index (χ3n) is 5.46. The molecule has 1 amide bonds. The van der Waals surface area contributed by atoms with Crippen LogP contribution in [0.4, 0.5) is 5.69 Å². The summed E-state index contributed by atoms with van der Waals surface area (Å²) in [5, 5.41) is 3.44. The van der Waals surface area contributed by atoms with Crippen LogP contribution in [0.1, 0.15) is 38.2 Å². The zero-order valence-corrected chi connectivity index (χ0v) is 15.6. The summed E-state index contributed by atoms with van der Waals surface area (Å²) in [4.78, 5) is 17.0. The number of carbonyl (C=O) groups excluding carboxylic acids is 1. The predicted octanol–water partition coefficient (Wildman–Crippen LogP) is 3.06. The number of halogens is 1. The van der Waals surface area contributed by atoms with E-state index in [0.717, 1.165) is 38.4 Å². The van der Waals surface area contributed by atoms with Gasteiger partial charge < -0.3 is 15.1 Å². The molecule has 0 spiro atoms. The Balaban J connectivity index is 0.00000208. The Bertz CT molecular complexity index is 543. The maximum atomic E-state index is 12.8. The molecule has 1 aliphatic heterocycles. The largest absolute Gasteiger partial charge is 0.361 e. The second kappa shape index (κ2) is 8.72. The summed E-state index contributed by atoms with van der Waals surface area (Å²) in [6, 6.07) is 8.85. The highest BCUT2D eigenvalue weighted by Gasteiger charge is 2.26. The zero-order valence-electron chi connectivity index (χ0n) is 14.8. The topological polar surface area (TPSA) is 35.6 Å². The Morgan fingerprint density at radius 1 is 1.25 bits per heavy atom. The van der Waals surface area contributed by atoms with Gasteiger partial charge in [0.05, 0.1) is 6.54 Å². The molecular formula is C19H30ClN3O. The standard InChI is InChI=1S/C19H29N3O.ClH/c1-15-7-9-17(10-8-15)21(2)19(23)14-22-12-11-20-13-16-5-3-4-6-18(16)22;/h3-6,15,17,20H,7-14H2,1-2H3;1H. The number of nitrogens with one attached hydrogen (secondary N) is 1. The minimum absolute atomic E-state index is 0. The van der Waals surface area contributed by atoms with Gasteiger partial charge in [0.2, 0.25) is 5.91 Å². The van der Waals surface area contributed by atoms with Crippen molar-refractivity contribution in [2.24, 2.45) is 5.92 Å². The van der Waals surface area contributed by atoms with Crippen molar-refractivity contribution in [3.63, 3.8) is 0 Å². The number of hydrogen-bond donors (Lipinski definition) is 1. The summed E-state index contributed by atoms with van der Waals surface area (Å²) < 4.78 is 0. The van der Waals surface area contributed by atoms with Crippen LogP contribution < -0.4 is 10.2 Å². The quantitative estimate of drug-likeness (QED) is 0.909. The molecule has 3 rings (SSSR count). The molecule has 0 atom stereocenters. The van der Waals surface area contributed by atoms with Crippen molar-refractivity contribution in [3.05, 3.63) is 29.8 Å². The number of fused-ring (bicyclic) bond motifs is 1. The average molecular weight is 352 g/mol. The normalized spacial score (nSPS) is 23.7. The van der Waals surface area contributed by atoms with E-state index in [0.29, 0.717) is 12.6 Å². The van der Waals surface area contributed by atoms with Crippen molar-refractivity contribution in [1.82, 2.24) is 10.2 Å². The molecule has 1 heterocycles. The summed E-state index contributed by atoms with van der Waals surface area (Å²) in [6.07, 6.45) is 4.81. The first-order chi connectivity index (χ1) is 11.1. The van der Waals surface area contributed by atoms with Crippen LogP contribution >= 0.6 is 12.4 Å². The molecule has 0 aromatic heterocycles. The van der Waals surface area contributed by atoms with Crippen molar-refractivity contribution >= 4 is 24.0 Å². The van der Waals surface area contributed by atoms with E-state index in [1.807, 2.05) is 11.9 Å². The number of nitrogens with zero attached hydrogens (tertiary/aromatic N) is 2. The van der Waals surface area contributed by atoms with E-state index < -0.39 is 0 Å². The molecular weight excluding hydrogens is 322 g/mol. The van der Waals surface area contributed by atoms with E-state index in [1.165, 1.54) is 24.1 Å². The lowest BCUT2D eigenvalue weighted by atomic mass is 9.87. The van der Waals surface area contributed by atoms with Crippen molar-refractivity contribution in [2.45, 2.75) is 45.2 Å². The Kier molecular flexibility index (Phi) is 6.93. The first-order valence-corrected chi connectivity index (χ1v) is 8.94. The maximum Gasteiger partial charge on any atom is 0.242 e. The first kappa shape index (κ1) is 19.1. The lowest BCUT2D eigenvalue weighted by molar-refractivity contribution is -0.131. The smallest absolute Gasteiger partial charge is 0.242 e. The lowest BCUT2D eigenvalue weighted by Crippen LogP contribution is -2.45. The average Bonchev–Trinajstić information content (AvgIpc) is 2.77. The number of para-hydroxylation sites is 1. The van der Waals surface area contributed by atoms with E-state index in [9.17, 15) is 4.79 Å². The van der Waals surface area contributed by atoms with Crippen LogP contribution in [0.25, 0.3) is 0 Å². The molecule has 134 valence electrons. The molecule has 1 aliphatic carbocycles. The number of benzene rings is 1. The summed E-state index contributed by atoms with van der Waals surface area (Å²) in [6.45, 7) is 5.50. The van der Waals surface area contributed by atoms with E-state index in [1.54, 1.807) is 0 Å². The minimum atomic E-state index is 0. The fourth-order valence-electron chi connectivity index (χ4n) is 3.80. The number of likely N-dealkylation sites (N-methyl/N-ethyl adjacent to an activating group) is 1. The van der Waals surface area contributed by atoms with Gasteiger partial charge in [-0.3, -0.25) is 4.79 Å². The molecule has 0 bridgehead atoms.